The Morgan fingerprint density at radius 3 is 2.67 bits per heavy atom. The molecule has 0 unspecified atom stereocenters. The van der Waals surface area contributed by atoms with E-state index in [0.717, 1.165) is 5.75 Å². The third kappa shape index (κ3) is 1.38. The molecule has 1 aromatic rings. The van der Waals surface area contributed by atoms with Crippen molar-refractivity contribution in [1.82, 2.24) is 0 Å². The Morgan fingerprint density at radius 2 is 1.80 bits per heavy atom. The van der Waals surface area contributed by atoms with E-state index < -0.39 is 0 Å². The molecule has 0 amide bonds. The van der Waals surface area contributed by atoms with Crippen LogP contribution in [0.5, 0.6) is 5.75 Å². The van der Waals surface area contributed by atoms with Crippen molar-refractivity contribution in [2.75, 3.05) is 0 Å². The molecule has 1 aromatic carbocycles. The summed E-state index contributed by atoms with van der Waals surface area (Å²) < 4.78 is 5.57. The van der Waals surface area contributed by atoms with E-state index in [1.54, 1.807) is 0 Å². The Hall–Kier alpha value is -1.24. The van der Waals surface area contributed by atoms with Crippen molar-refractivity contribution < 1.29 is 4.74 Å². The molecule has 1 saturated carbocycles. The molecule has 0 saturated heterocycles. The highest BCUT2D eigenvalue weighted by atomic mass is 16.5. The average molecular weight is 200 g/mol. The van der Waals surface area contributed by atoms with E-state index in [1.165, 1.54) is 37.7 Å². The summed E-state index contributed by atoms with van der Waals surface area (Å²) in [5, 5.41) is 0. The second-order valence-corrected chi connectivity index (χ2v) is 4.63. The van der Waals surface area contributed by atoms with Crippen LogP contribution in [-0.4, -0.2) is 0 Å². The van der Waals surface area contributed by atoms with Crippen molar-refractivity contribution in [3.05, 3.63) is 42.2 Å². The molecule has 1 aliphatic heterocycles. The molecule has 78 valence electrons. The number of benzene rings is 1. The summed E-state index contributed by atoms with van der Waals surface area (Å²) in [4.78, 5) is 0. The molecule has 0 radical (unpaired) electrons. The van der Waals surface area contributed by atoms with E-state index >= 15 is 0 Å². The lowest BCUT2D eigenvalue weighted by molar-refractivity contribution is 0.321. The van der Waals surface area contributed by atoms with Crippen LogP contribution in [0.3, 0.4) is 0 Å². The predicted octanol–water partition coefficient (Wildman–Crippen LogP) is 3.79. The summed E-state index contributed by atoms with van der Waals surface area (Å²) in [5.74, 6) is 1.06. The van der Waals surface area contributed by atoms with Gasteiger partial charge in [-0.3, -0.25) is 0 Å². The molecule has 1 heteroatoms. The first-order valence-corrected chi connectivity index (χ1v) is 5.85. The standard InChI is InChI=1S/C14H16O/c1-4-8-14(9-5-1)10-11-15-13-7-3-2-6-12(13)14/h2-3,6-7,10-11H,1,4-5,8-9H2. The Morgan fingerprint density at radius 1 is 1.00 bits per heavy atom. The van der Waals surface area contributed by atoms with Gasteiger partial charge in [-0.25, -0.2) is 0 Å². The van der Waals surface area contributed by atoms with E-state index in [9.17, 15) is 0 Å². The summed E-state index contributed by atoms with van der Waals surface area (Å²) in [6.07, 6.45) is 10.8. The van der Waals surface area contributed by atoms with Gasteiger partial charge in [0, 0.05) is 11.0 Å². The first kappa shape index (κ1) is 9.02. The molecule has 0 N–H and O–H groups in total. The van der Waals surface area contributed by atoms with Crippen LogP contribution in [0.4, 0.5) is 0 Å². The van der Waals surface area contributed by atoms with Gasteiger partial charge in [-0.2, -0.15) is 0 Å². The van der Waals surface area contributed by atoms with Gasteiger partial charge in [-0.05, 0) is 25.0 Å². The number of rotatable bonds is 0. The van der Waals surface area contributed by atoms with Gasteiger partial charge in [-0.1, -0.05) is 37.5 Å². The molecule has 0 atom stereocenters. The molecular weight excluding hydrogens is 184 g/mol. The lowest BCUT2D eigenvalue weighted by Gasteiger charge is -2.37. The molecule has 1 aliphatic carbocycles. The van der Waals surface area contributed by atoms with Gasteiger partial charge in [0.05, 0.1) is 6.26 Å². The SMILES string of the molecule is C1=CC2(CCCCC2)c2ccccc2O1. The maximum atomic E-state index is 5.57. The normalized spacial score (nSPS) is 22.1. The maximum absolute atomic E-state index is 5.57. The highest BCUT2D eigenvalue weighted by Gasteiger charge is 2.35. The van der Waals surface area contributed by atoms with E-state index in [2.05, 4.69) is 30.3 Å². The Kier molecular flexibility index (Phi) is 2.05. The highest BCUT2D eigenvalue weighted by Crippen LogP contribution is 2.46. The minimum Gasteiger partial charge on any atom is -0.465 e. The van der Waals surface area contributed by atoms with Crippen LogP contribution in [0, 0.1) is 0 Å². The molecule has 1 heterocycles. The number of ether oxygens (including phenoxy) is 1. The number of allylic oxidation sites excluding steroid dienone is 1. The molecule has 1 nitrogen and oxygen atoms in total. The van der Waals surface area contributed by atoms with Crippen molar-refractivity contribution in [2.45, 2.75) is 37.5 Å². The third-order valence-corrected chi connectivity index (χ3v) is 3.75. The molecule has 15 heavy (non-hydrogen) atoms. The van der Waals surface area contributed by atoms with Crippen molar-refractivity contribution in [2.24, 2.45) is 0 Å². The fraction of sp³-hybridized carbons (Fsp3) is 0.429. The fourth-order valence-electron chi connectivity index (χ4n) is 2.93. The largest absolute Gasteiger partial charge is 0.465 e. The van der Waals surface area contributed by atoms with E-state index in [0.29, 0.717) is 0 Å². The van der Waals surface area contributed by atoms with Gasteiger partial charge in [0.25, 0.3) is 0 Å². The van der Waals surface area contributed by atoms with E-state index in [4.69, 9.17) is 4.74 Å². The topological polar surface area (TPSA) is 9.23 Å². The van der Waals surface area contributed by atoms with E-state index in [-0.39, 0.29) is 5.41 Å². The fourth-order valence-corrected chi connectivity index (χ4v) is 2.93. The molecule has 2 aliphatic rings. The van der Waals surface area contributed by atoms with Crippen LogP contribution in [0.25, 0.3) is 0 Å². The lowest BCUT2D eigenvalue weighted by Crippen LogP contribution is -2.29. The summed E-state index contributed by atoms with van der Waals surface area (Å²) in [5.41, 5.74) is 1.68. The Balaban J connectivity index is 2.08. The zero-order valence-electron chi connectivity index (χ0n) is 8.91. The van der Waals surface area contributed by atoms with Gasteiger partial charge in [-0.15, -0.1) is 0 Å². The zero-order valence-corrected chi connectivity index (χ0v) is 8.91. The second-order valence-electron chi connectivity index (χ2n) is 4.63. The van der Waals surface area contributed by atoms with Crippen LogP contribution in [0.2, 0.25) is 0 Å². The van der Waals surface area contributed by atoms with Gasteiger partial charge in [0.15, 0.2) is 0 Å². The molecule has 0 bridgehead atoms. The van der Waals surface area contributed by atoms with Crippen molar-refractivity contribution in [3.8, 4) is 5.75 Å². The van der Waals surface area contributed by atoms with Gasteiger partial charge in [0.1, 0.15) is 5.75 Å². The van der Waals surface area contributed by atoms with Crippen molar-refractivity contribution >= 4 is 0 Å². The quantitative estimate of drug-likeness (QED) is 0.619. The average Bonchev–Trinajstić information content (AvgIpc) is 2.31. The summed E-state index contributed by atoms with van der Waals surface area (Å²) in [6.45, 7) is 0. The van der Waals surface area contributed by atoms with Gasteiger partial charge in [0.2, 0.25) is 0 Å². The Labute approximate surface area is 90.8 Å². The maximum Gasteiger partial charge on any atom is 0.130 e. The van der Waals surface area contributed by atoms with E-state index in [1.807, 2.05) is 6.26 Å². The number of hydrogen-bond acceptors (Lipinski definition) is 1. The van der Waals surface area contributed by atoms with Crippen LogP contribution in [-0.2, 0) is 5.41 Å². The molecule has 0 aromatic heterocycles. The zero-order chi connectivity index (χ0) is 10.1. The molecular formula is C14H16O. The monoisotopic (exact) mass is 200 g/mol. The van der Waals surface area contributed by atoms with Crippen molar-refractivity contribution in [1.29, 1.82) is 0 Å². The smallest absolute Gasteiger partial charge is 0.130 e. The summed E-state index contributed by atoms with van der Waals surface area (Å²) in [7, 11) is 0. The van der Waals surface area contributed by atoms with Crippen LogP contribution < -0.4 is 4.74 Å². The minimum absolute atomic E-state index is 0.285. The van der Waals surface area contributed by atoms with Crippen LogP contribution in [0.1, 0.15) is 37.7 Å². The second kappa shape index (κ2) is 3.41. The number of fused-ring (bicyclic) bond motifs is 2. The first-order chi connectivity index (χ1) is 7.41. The summed E-state index contributed by atoms with van der Waals surface area (Å²) in [6, 6.07) is 8.48. The molecule has 3 rings (SSSR count). The van der Waals surface area contributed by atoms with Gasteiger partial charge >= 0.3 is 0 Å². The third-order valence-electron chi connectivity index (χ3n) is 3.75. The lowest BCUT2D eigenvalue weighted by atomic mass is 9.69. The first-order valence-electron chi connectivity index (χ1n) is 5.85. The van der Waals surface area contributed by atoms with Crippen LogP contribution in [0.15, 0.2) is 36.6 Å². The summed E-state index contributed by atoms with van der Waals surface area (Å²) >= 11 is 0. The highest BCUT2D eigenvalue weighted by molar-refractivity contribution is 5.45. The van der Waals surface area contributed by atoms with Gasteiger partial charge < -0.3 is 4.74 Å². The minimum atomic E-state index is 0.285. The molecule has 1 spiro atoms. The molecule has 1 fully saturated rings. The van der Waals surface area contributed by atoms with Crippen molar-refractivity contribution in [3.63, 3.8) is 0 Å². The Bertz CT molecular complexity index is 386. The number of para-hydroxylation sites is 1. The predicted molar refractivity (Wildman–Crippen MR) is 61.0 cm³/mol. The number of hydrogen-bond donors (Lipinski definition) is 0. The van der Waals surface area contributed by atoms with Crippen LogP contribution >= 0.6 is 0 Å².